The second kappa shape index (κ2) is 8.48. The van der Waals surface area contributed by atoms with E-state index in [1.807, 2.05) is 30.3 Å². The molecule has 0 atom stereocenters. The first-order valence-electron chi connectivity index (χ1n) is 8.05. The van der Waals surface area contributed by atoms with E-state index in [4.69, 9.17) is 14.6 Å². The number of hydrogen-bond acceptors (Lipinski definition) is 5. The van der Waals surface area contributed by atoms with Gasteiger partial charge in [0.15, 0.2) is 5.69 Å². The van der Waals surface area contributed by atoms with E-state index in [1.54, 1.807) is 30.3 Å². The third kappa shape index (κ3) is 5.30. The quantitative estimate of drug-likeness (QED) is 0.676. The molecule has 0 saturated heterocycles. The van der Waals surface area contributed by atoms with Crippen LogP contribution in [0.15, 0.2) is 72.9 Å². The molecular formula is C20H16N2O5. The fourth-order valence-electron chi connectivity index (χ4n) is 2.21. The highest BCUT2D eigenvalue weighted by molar-refractivity contribution is 5.85. The van der Waals surface area contributed by atoms with E-state index in [1.165, 1.54) is 12.3 Å². The van der Waals surface area contributed by atoms with Crippen molar-refractivity contribution >= 4 is 17.7 Å². The summed E-state index contributed by atoms with van der Waals surface area (Å²) in [7, 11) is 0. The van der Waals surface area contributed by atoms with E-state index in [9.17, 15) is 9.59 Å². The summed E-state index contributed by atoms with van der Waals surface area (Å²) in [5.41, 5.74) is 1.34. The third-order valence-corrected chi connectivity index (χ3v) is 3.50. The molecular weight excluding hydrogens is 348 g/mol. The maximum atomic E-state index is 11.8. The minimum absolute atomic E-state index is 0.105. The van der Waals surface area contributed by atoms with Crippen molar-refractivity contribution in [3.8, 4) is 11.5 Å². The average Bonchev–Trinajstić information content (AvgIpc) is 2.69. The summed E-state index contributed by atoms with van der Waals surface area (Å²) in [6.07, 6.45) is 0.796. The summed E-state index contributed by atoms with van der Waals surface area (Å²) in [5.74, 6) is -0.292. The first-order chi connectivity index (χ1) is 13.1. The molecule has 2 N–H and O–H groups in total. The Balaban J connectivity index is 1.54. The number of aromatic carboxylic acids is 1. The predicted octanol–water partition coefficient (Wildman–Crippen LogP) is 4.32. The van der Waals surface area contributed by atoms with Gasteiger partial charge in [0, 0.05) is 18.0 Å². The molecule has 27 heavy (non-hydrogen) atoms. The number of carbonyl (C=O) groups is 2. The van der Waals surface area contributed by atoms with Crippen LogP contribution in [0.4, 0.5) is 10.5 Å². The molecule has 3 aromatic rings. The van der Waals surface area contributed by atoms with Gasteiger partial charge in [-0.25, -0.2) is 14.6 Å². The van der Waals surface area contributed by atoms with Gasteiger partial charge in [-0.3, -0.25) is 5.32 Å². The second-order valence-electron chi connectivity index (χ2n) is 5.50. The smallest absolute Gasteiger partial charge is 0.411 e. The zero-order valence-electron chi connectivity index (χ0n) is 14.2. The van der Waals surface area contributed by atoms with Crippen molar-refractivity contribution in [1.82, 2.24) is 4.98 Å². The fraction of sp³-hybridized carbons (Fsp3) is 0.0500. The Labute approximate surface area is 155 Å². The SMILES string of the molecule is O=C(Nc1ccc(Oc2ccnc(C(=O)O)c2)cc1)OCc1ccccc1. The lowest BCUT2D eigenvalue weighted by atomic mass is 10.2. The Kier molecular flexibility index (Phi) is 5.64. The fourth-order valence-corrected chi connectivity index (χ4v) is 2.21. The molecule has 0 spiro atoms. The van der Waals surface area contributed by atoms with Crippen LogP contribution in [0.25, 0.3) is 0 Å². The lowest BCUT2D eigenvalue weighted by Gasteiger charge is -2.09. The van der Waals surface area contributed by atoms with Gasteiger partial charge in [-0.2, -0.15) is 0 Å². The molecule has 7 heteroatoms. The molecule has 0 aliphatic heterocycles. The van der Waals surface area contributed by atoms with Crippen LogP contribution < -0.4 is 10.1 Å². The normalized spacial score (nSPS) is 10.1. The van der Waals surface area contributed by atoms with E-state index >= 15 is 0 Å². The Hall–Kier alpha value is -3.87. The number of ether oxygens (including phenoxy) is 2. The van der Waals surface area contributed by atoms with Gasteiger partial charge in [0.1, 0.15) is 18.1 Å². The largest absolute Gasteiger partial charge is 0.477 e. The first-order valence-corrected chi connectivity index (χ1v) is 8.05. The standard InChI is InChI=1S/C20H16N2O5/c23-19(24)18-12-17(10-11-21-18)27-16-8-6-15(7-9-16)22-20(25)26-13-14-4-2-1-3-5-14/h1-12H,13H2,(H,22,25)(H,23,24). The summed E-state index contributed by atoms with van der Waals surface area (Å²) >= 11 is 0. The van der Waals surface area contributed by atoms with E-state index in [2.05, 4.69) is 10.3 Å². The van der Waals surface area contributed by atoms with Gasteiger partial charge in [-0.15, -0.1) is 0 Å². The summed E-state index contributed by atoms with van der Waals surface area (Å²) < 4.78 is 10.7. The van der Waals surface area contributed by atoms with Crippen molar-refractivity contribution in [2.45, 2.75) is 6.61 Å². The topological polar surface area (TPSA) is 97.8 Å². The highest BCUT2D eigenvalue weighted by Crippen LogP contribution is 2.23. The number of rotatable bonds is 6. The van der Waals surface area contributed by atoms with Gasteiger partial charge in [-0.1, -0.05) is 30.3 Å². The molecule has 0 radical (unpaired) electrons. The number of pyridine rings is 1. The Morgan fingerprint density at radius 3 is 2.41 bits per heavy atom. The molecule has 0 bridgehead atoms. The molecule has 0 fully saturated rings. The molecule has 0 saturated carbocycles. The van der Waals surface area contributed by atoms with Gasteiger partial charge in [0.25, 0.3) is 0 Å². The van der Waals surface area contributed by atoms with Crippen molar-refractivity contribution in [1.29, 1.82) is 0 Å². The van der Waals surface area contributed by atoms with Gasteiger partial charge >= 0.3 is 12.1 Å². The molecule has 1 aromatic heterocycles. The minimum atomic E-state index is -1.13. The second-order valence-corrected chi connectivity index (χ2v) is 5.50. The maximum absolute atomic E-state index is 11.8. The van der Waals surface area contributed by atoms with E-state index < -0.39 is 12.1 Å². The summed E-state index contributed by atoms with van der Waals surface area (Å²) in [6, 6.07) is 18.9. The summed E-state index contributed by atoms with van der Waals surface area (Å²) in [6.45, 7) is 0.182. The molecule has 1 heterocycles. The zero-order chi connectivity index (χ0) is 19.1. The summed E-state index contributed by atoms with van der Waals surface area (Å²) in [4.78, 5) is 26.5. The van der Waals surface area contributed by atoms with Crippen molar-refractivity contribution in [2.24, 2.45) is 0 Å². The molecule has 1 amide bonds. The van der Waals surface area contributed by atoms with Crippen LogP contribution >= 0.6 is 0 Å². The van der Waals surface area contributed by atoms with Crippen molar-refractivity contribution in [3.63, 3.8) is 0 Å². The molecule has 7 nitrogen and oxygen atoms in total. The van der Waals surface area contributed by atoms with Crippen LogP contribution in [0, 0.1) is 0 Å². The van der Waals surface area contributed by atoms with Crippen LogP contribution in [-0.4, -0.2) is 22.2 Å². The van der Waals surface area contributed by atoms with Crippen molar-refractivity contribution in [2.75, 3.05) is 5.32 Å². The van der Waals surface area contributed by atoms with E-state index in [0.29, 0.717) is 17.2 Å². The van der Waals surface area contributed by atoms with Crippen molar-refractivity contribution in [3.05, 3.63) is 84.2 Å². The number of benzene rings is 2. The lowest BCUT2D eigenvalue weighted by molar-refractivity contribution is 0.0690. The number of nitrogens with one attached hydrogen (secondary N) is 1. The minimum Gasteiger partial charge on any atom is -0.477 e. The van der Waals surface area contributed by atoms with Crippen LogP contribution in [-0.2, 0) is 11.3 Å². The highest BCUT2D eigenvalue weighted by Gasteiger charge is 2.07. The molecule has 3 rings (SSSR count). The number of carbonyl (C=O) groups excluding carboxylic acids is 1. The van der Waals surface area contributed by atoms with Crippen LogP contribution in [0.3, 0.4) is 0 Å². The van der Waals surface area contributed by atoms with Crippen LogP contribution in [0.5, 0.6) is 11.5 Å². The Morgan fingerprint density at radius 2 is 1.70 bits per heavy atom. The average molecular weight is 364 g/mol. The number of amides is 1. The Bertz CT molecular complexity index is 927. The predicted molar refractivity (Wildman–Crippen MR) is 98.0 cm³/mol. The third-order valence-electron chi connectivity index (χ3n) is 3.50. The lowest BCUT2D eigenvalue weighted by Crippen LogP contribution is -2.13. The monoisotopic (exact) mass is 364 g/mol. The molecule has 136 valence electrons. The molecule has 0 aliphatic carbocycles. The highest BCUT2D eigenvalue weighted by atomic mass is 16.5. The molecule has 2 aromatic carbocycles. The number of hydrogen-bond donors (Lipinski definition) is 2. The molecule has 0 aliphatic rings. The van der Waals surface area contributed by atoms with Crippen LogP contribution in [0.1, 0.15) is 16.1 Å². The number of aromatic nitrogens is 1. The number of carboxylic acid groups (broad SMARTS) is 1. The maximum Gasteiger partial charge on any atom is 0.411 e. The zero-order valence-corrected chi connectivity index (χ0v) is 14.2. The van der Waals surface area contributed by atoms with Gasteiger partial charge in [0.2, 0.25) is 0 Å². The first kappa shape index (κ1) is 17.9. The number of nitrogens with zero attached hydrogens (tertiary/aromatic N) is 1. The van der Waals surface area contributed by atoms with E-state index in [-0.39, 0.29) is 12.3 Å². The Morgan fingerprint density at radius 1 is 0.963 bits per heavy atom. The van der Waals surface area contributed by atoms with Gasteiger partial charge < -0.3 is 14.6 Å². The van der Waals surface area contributed by atoms with Gasteiger partial charge in [0.05, 0.1) is 0 Å². The van der Waals surface area contributed by atoms with Crippen molar-refractivity contribution < 1.29 is 24.2 Å². The number of carboxylic acids is 1. The summed E-state index contributed by atoms with van der Waals surface area (Å²) in [5, 5.41) is 11.6. The molecule has 0 unspecified atom stereocenters. The van der Waals surface area contributed by atoms with Gasteiger partial charge in [-0.05, 0) is 35.9 Å². The van der Waals surface area contributed by atoms with E-state index in [0.717, 1.165) is 5.56 Å². The number of anilines is 1. The van der Waals surface area contributed by atoms with Crippen LogP contribution in [0.2, 0.25) is 0 Å².